The van der Waals surface area contributed by atoms with Gasteiger partial charge in [-0.25, -0.2) is 0 Å². The average Bonchev–Trinajstić information content (AvgIpc) is 2.43. The van der Waals surface area contributed by atoms with Gasteiger partial charge in [-0.05, 0) is 46.1 Å². The van der Waals surface area contributed by atoms with Gasteiger partial charge in [-0.15, -0.1) is 0 Å². The molecule has 0 aromatic heterocycles. The van der Waals surface area contributed by atoms with E-state index in [4.69, 9.17) is 0 Å². The molecule has 0 amide bonds. The van der Waals surface area contributed by atoms with E-state index < -0.39 is 0 Å². The van der Waals surface area contributed by atoms with E-state index in [-0.39, 0.29) is 0 Å². The topological polar surface area (TPSA) is 6.48 Å². The fourth-order valence-electron chi connectivity index (χ4n) is 1.55. The first-order valence-electron chi connectivity index (χ1n) is 7.52. The maximum Gasteiger partial charge on any atom is 0.0363 e. The van der Waals surface area contributed by atoms with Crippen LogP contribution in [0.1, 0.15) is 39.7 Å². The maximum atomic E-state index is 2.31. The van der Waals surface area contributed by atoms with Gasteiger partial charge in [0, 0.05) is 19.3 Å². The van der Waals surface area contributed by atoms with Crippen LogP contribution in [0, 0.1) is 6.92 Å². The summed E-state index contributed by atoms with van der Waals surface area (Å²) in [7, 11) is 6.39. The number of anilines is 1. The molecule has 2 nitrogen and oxygen atoms in total. The second-order valence-electron chi connectivity index (χ2n) is 4.41. The first-order valence-corrected chi connectivity index (χ1v) is 7.52. The summed E-state index contributed by atoms with van der Waals surface area (Å²) in [5.41, 5.74) is 2.62. The summed E-state index contributed by atoms with van der Waals surface area (Å²) in [4.78, 5) is 4.53. The third kappa shape index (κ3) is 10.6. The third-order valence-electron chi connectivity index (χ3n) is 2.57. The lowest BCUT2D eigenvalue weighted by Gasteiger charge is -2.20. The van der Waals surface area contributed by atoms with Crippen LogP contribution in [0.2, 0.25) is 0 Å². The van der Waals surface area contributed by atoms with E-state index in [1.165, 1.54) is 17.7 Å². The molecule has 0 unspecified atom stereocenters. The molecule has 0 N–H and O–H groups in total. The van der Waals surface area contributed by atoms with Gasteiger partial charge in [0.2, 0.25) is 0 Å². The summed E-state index contributed by atoms with van der Waals surface area (Å²) in [5.74, 6) is 0. The quantitative estimate of drug-likeness (QED) is 0.777. The predicted octanol–water partition coefficient (Wildman–Crippen LogP) is 4.44. The van der Waals surface area contributed by atoms with Crippen molar-refractivity contribution in [2.75, 3.05) is 39.1 Å². The van der Waals surface area contributed by atoms with Gasteiger partial charge < -0.3 is 9.80 Å². The number of benzene rings is 1. The Kier molecular flexibility index (Phi) is 14.3. The molecule has 19 heavy (non-hydrogen) atoms. The van der Waals surface area contributed by atoms with E-state index in [9.17, 15) is 0 Å². The van der Waals surface area contributed by atoms with Gasteiger partial charge in [0.05, 0.1) is 0 Å². The molecule has 1 aromatic rings. The first-order chi connectivity index (χ1) is 9.09. The molecule has 0 heterocycles. The molecule has 0 fully saturated rings. The van der Waals surface area contributed by atoms with Crippen molar-refractivity contribution >= 4 is 5.69 Å². The van der Waals surface area contributed by atoms with E-state index in [0.29, 0.717) is 0 Å². The van der Waals surface area contributed by atoms with Crippen LogP contribution in [-0.4, -0.2) is 39.1 Å². The zero-order valence-corrected chi connectivity index (χ0v) is 14.3. The van der Waals surface area contributed by atoms with Crippen molar-refractivity contribution in [3.63, 3.8) is 0 Å². The van der Waals surface area contributed by atoms with Crippen LogP contribution in [0.4, 0.5) is 5.69 Å². The average molecular weight is 266 g/mol. The summed E-state index contributed by atoms with van der Waals surface area (Å²) >= 11 is 0. The van der Waals surface area contributed by atoms with Gasteiger partial charge >= 0.3 is 0 Å². The van der Waals surface area contributed by atoms with Crippen molar-refractivity contribution in [2.45, 2.75) is 41.0 Å². The van der Waals surface area contributed by atoms with Crippen LogP contribution < -0.4 is 4.90 Å². The highest BCUT2D eigenvalue weighted by molar-refractivity contribution is 5.46. The molecule has 0 aliphatic heterocycles. The lowest BCUT2D eigenvalue weighted by atomic mass is 10.2. The highest BCUT2D eigenvalue weighted by Crippen LogP contribution is 2.13. The van der Waals surface area contributed by atoms with Crippen LogP contribution >= 0.6 is 0 Å². The molecular weight excluding hydrogens is 232 g/mol. The summed E-state index contributed by atoms with van der Waals surface area (Å²) in [5, 5.41) is 0. The van der Waals surface area contributed by atoms with Gasteiger partial charge in [-0.3, -0.25) is 0 Å². The van der Waals surface area contributed by atoms with Gasteiger partial charge in [0.15, 0.2) is 0 Å². The summed E-state index contributed by atoms with van der Waals surface area (Å²) in [6, 6.07) is 8.70. The Morgan fingerprint density at radius 3 is 1.68 bits per heavy atom. The van der Waals surface area contributed by atoms with Gasteiger partial charge in [0.1, 0.15) is 0 Å². The molecule has 0 bridgehead atoms. The molecule has 0 saturated carbocycles. The summed E-state index contributed by atoms with van der Waals surface area (Å²) in [6.45, 7) is 12.4. The fourth-order valence-corrected chi connectivity index (χ4v) is 1.55. The van der Waals surface area contributed by atoms with E-state index in [1.807, 2.05) is 27.7 Å². The second-order valence-corrected chi connectivity index (χ2v) is 4.41. The Bertz CT molecular complexity index is 278. The molecule has 0 saturated heterocycles. The maximum absolute atomic E-state index is 2.31. The molecule has 1 rings (SSSR count). The normalized spacial score (nSPS) is 9.11. The Balaban J connectivity index is 0. The molecule has 112 valence electrons. The Hall–Kier alpha value is -1.02. The molecule has 0 radical (unpaired) electrons. The lowest BCUT2D eigenvalue weighted by molar-refractivity contribution is 0.401. The third-order valence-corrected chi connectivity index (χ3v) is 2.57. The minimum atomic E-state index is 1.11. The molecule has 0 spiro atoms. The standard InChI is InChI=1S/C13H22N2.2C2H6/c1-12-6-8-13(9-7-12)15(4)11-5-10-14(2)3;2*1-2/h6-9H,5,10-11H2,1-4H3;2*1-2H3. The minimum Gasteiger partial charge on any atom is -0.375 e. The van der Waals surface area contributed by atoms with E-state index in [1.54, 1.807) is 0 Å². The van der Waals surface area contributed by atoms with Crippen LogP contribution in [0.15, 0.2) is 24.3 Å². The molecule has 1 aromatic carbocycles. The lowest BCUT2D eigenvalue weighted by Crippen LogP contribution is -2.23. The van der Waals surface area contributed by atoms with Crippen LogP contribution in [0.25, 0.3) is 0 Å². The largest absolute Gasteiger partial charge is 0.375 e. The zero-order valence-electron chi connectivity index (χ0n) is 14.3. The van der Waals surface area contributed by atoms with Crippen molar-refractivity contribution in [1.29, 1.82) is 0 Å². The Labute approximate surface area is 121 Å². The Morgan fingerprint density at radius 1 is 0.789 bits per heavy atom. The summed E-state index contributed by atoms with van der Waals surface area (Å²) < 4.78 is 0. The highest BCUT2D eigenvalue weighted by atomic mass is 15.1. The summed E-state index contributed by atoms with van der Waals surface area (Å²) in [6.07, 6.45) is 1.21. The SMILES string of the molecule is CC.CC.Cc1ccc(N(C)CCCN(C)C)cc1. The van der Waals surface area contributed by atoms with Crippen molar-refractivity contribution in [1.82, 2.24) is 4.90 Å². The van der Waals surface area contributed by atoms with E-state index >= 15 is 0 Å². The van der Waals surface area contributed by atoms with Gasteiger partial charge in [-0.1, -0.05) is 45.4 Å². The van der Waals surface area contributed by atoms with Crippen molar-refractivity contribution in [2.24, 2.45) is 0 Å². The Morgan fingerprint density at radius 2 is 1.26 bits per heavy atom. The molecule has 0 atom stereocenters. The van der Waals surface area contributed by atoms with E-state index in [0.717, 1.165) is 13.1 Å². The molecule has 2 heteroatoms. The van der Waals surface area contributed by atoms with Crippen LogP contribution in [-0.2, 0) is 0 Å². The zero-order chi connectivity index (χ0) is 15.3. The second kappa shape index (κ2) is 13.4. The van der Waals surface area contributed by atoms with Gasteiger partial charge in [0.25, 0.3) is 0 Å². The van der Waals surface area contributed by atoms with Crippen LogP contribution in [0.5, 0.6) is 0 Å². The van der Waals surface area contributed by atoms with Crippen molar-refractivity contribution in [3.8, 4) is 0 Å². The molecule has 0 aliphatic carbocycles. The fraction of sp³-hybridized carbons (Fsp3) is 0.647. The van der Waals surface area contributed by atoms with Crippen molar-refractivity contribution < 1.29 is 0 Å². The first kappa shape index (κ1) is 20.3. The number of hydrogen-bond acceptors (Lipinski definition) is 2. The van der Waals surface area contributed by atoms with Crippen LogP contribution in [0.3, 0.4) is 0 Å². The monoisotopic (exact) mass is 266 g/mol. The van der Waals surface area contributed by atoms with Gasteiger partial charge in [-0.2, -0.15) is 0 Å². The highest BCUT2D eigenvalue weighted by Gasteiger charge is 2.00. The number of aryl methyl sites for hydroxylation is 1. The number of nitrogens with zero attached hydrogens (tertiary/aromatic N) is 2. The predicted molar refractivity (Wildman–Crippen MR) is 90.3 cm³/mol. The minimum absolute atomic E-state index is 1.11. The van der Waals surface area contributed by atoms with Crippen molar-refractivity contribution in [3.05, 3.63) is 29.8 Å². The smallest absolute Gasteiger partial charge is 0.0363 e. The number of hydrogen-bond donors (Lipinski definition) is 0. The molecular formula is C17H34N2. The van der Waals surface area contributed by atoms with E-state index in [2.05, 4.69) is 62.1 Å². The number of rotatable bonds is 5. The molecule has 0 aliphatic rings.